The molecule has 0 N–H and O–H groups in total. The fourth-order valence-corrected chi connectivity index (χ4v) is 1.84. The Morgan fingerprint density at radius 3 is 2.08 bits per heavy atom. The summed E-state index contributed by atoms with van der Waals surface area (Å²) in [7, 11) is 6.74. The van der Waals surface area contributed by atoms with Crippen LogP contribution in [0, 0.1) is 18.9 Å². The SMILES string of the molecule is [C]OCC(CC)CC(CC)CCC. The summed E-state index contributed by atoms with van der Waals surface area (Å²) >= 11 is 0. The molecule has 3 radical (unpaired) electrons. The highest BCUT2D eigenvalue weighted by Gasteiger charge is 2.12. The Morgan fingerprint density at radius 1 is 1.08 bits per heavy atom. The zero-order valence-corrected chi connectivity index (χ0v) is 9.31. The lowest BCUT2D eigenvalue weighted by Crippen LogP contribution is -2.12. The highest BCUT2D eigenvalue weighted by atomic mass is 16.5. The van der Waals surface area contributed by atoms with Crippen LogP contribution in [0.1, 0.15) is 52.9 Å². The van der Waals surface area contributed by atoms with Crippen molar-refractivity contribution >= 4 is 0 Å². The fourth-order valence-electron chi connectivity index (χ4n) is 1.84. The summed E-state index contributed by atoms with van der Waals surface area (Å²) in [5.41, 5.74) is 0. The summed E-state index contributed by atoms with van der Waals surface area (Å²) < 4.78 is 4.47. The molecule has 0 heterocycles. The Bertz CT molecular complexity index is 89.3. The molecule has 0 rings (SSSR count). The van der Waals surface area contributed by atoms with Crippen molar-refractivity contribution in [3.63, 3.8) is 0 Å². The molecule has 77 valence electrons. The molecule has 0 fully saturated rings. The van der Waals surface area contributed by atoms with Crippen molar-refractivity contribution in [3.05, 3.63) is 7.11 Å². The molecule has 0 aliphatic heterocycles. The second kappa shape index (κ2) is 8.55. The lowest BCUT2D eigenvalue weighted by molar-refractivity contribution is 0.162. The Labute approximate surface area is 83.9 Å². The zero-order chi connectivity index (χ0) is 10.1. The molecule has 0 saturated heterocycles. The Hall–Kier alpha value is -0.0400. The summed E-state index contributed by atoms with van der Waals surface area (Å²) in [6, 6.07) is 0. The van der Waals surface area contributed by atoms with E-state index in [2.05, 4.69) is 25.5 Å². The van der Waals surface area contributed by atoms with E-state index < -0.39 is 0 Å². The molecule has 0 amide bonds. The number of hydrogen-bond acceptors (Lipinski definition) is 1. The van der Waals surface area contributed by atoms with Crippen LogP contribution in [-0.4, -0.2) is 6.61 Å². The lowest BCUT2D eigenvalue weighted by Gasteiger charge is -2.20. The van der Waals surface area contributed by atoms with Crippen LogP contribution in [0.25, 0.3) is 0 Å². The quantitative estimate of drug-likeness (QED) is 0.556. The fraction of sp³-hybridized carbons (Fsp3) is 0.917. The van der Waals surface area contributed by atoms with E-state index in [4.69, 9.17) is 7.11 Å². The maximum atomic E-state index is 6.74. The van der Waals surface area contributed by atoms with Gasteiger partial charge in [0.1, 0.15) is 0 Å². The first-order valence-corrected chi connectivity index (χ1v) is 5.56. The van der Waals surface area contributed by atoms with Gasteiger partial charge in [-0.2, -0.15) is 0 Å². The maximum absolute atomic E-state index is 6.74. The van der Waals surface area contributed by atoms with Crippen LogP contribution in [0.5, 0.6) is 0 Å². The molecule has 0 aromatic heterocycles. The van der Waals surface area contributed by atoms with E-state index in [0.717, 1.165) is 12.3 Å². The van der Waals surface area contributed by atoms with Crippen molar-refractivity contribution in [1.29, 1.82) is 0 Å². The van der Waals surface area contributed by atoms with Gasteiger partial charge in [0.15, 0.2) is 7.11 Å². The van der Waals surface area contributed by atoms with Crippen molar-refractivity contribution in [2.75, 3.05) is 6.61 Å². The van der Waals surface area contributed by atoms with Crippen LogP contribution in [0.2, 0.25) is 0 Å². The first-order valence-electron chi connectivity index (χ1n) is 5.56. The molecule has 2 unspecified atom stereocenters. The number of hydrogen-bond donors (Lipinski definition) is 0. The Morgan fingerprint density at radius 2 is 1.69 bits per heavy atom. The zero-order valence-electron chi connectivity index (χ0n) is 9.31. The van der Waals surface area contributed by atoms with Crippen LogP contribution >= 0.6 is 0 Å². The monoisotopic (exact) mass is 183 g/mol. The van der Waals surface area contributed by atoms with Gasteiger partial charge in [0.25, 0.3) is 0 Å². The smallest absolute Gasteiger partial charge is 0.173 e. The van der Waals surface area contributed by atoms with Gasteiger partial charge in [-0.25, -0.2) is 0 Å². The first-order chi connectivity index (χ1) is 6.28. The third kappa shape index (κ3) is 6.09. The lowest BCUT2D eigenvalue weighted by atomic mass is 9.88. The molecule has 2 atom stereocenters. The summed E-state index contributed by atoms with van der Waals surface area (Å²) in [4.78, 5) is 0. The third-order valence-corrected chi connectivity index (χ3v) is 2.84. The van der Waals surface area contributed by atoms with Gasteiger partial charge in [0.05, 0.1) is 6.61 Å². The Balaban J connectivity index is 3.73. The van der Waals surface area contributed by atoms with E-state index in [-0.39, 0.29) is 0 Å². The van der Waals surface area contributed by atoms with E-state index in [1.807, 2.05) is 0 Å². The molecular weight excluding hydrogens is 160 g/mol. The summed E-state index contributed by atoms with van der Waals surface area (Å²) in [6.45, 7) is 7.29. The molecular formula is C12H23O. The second-order valence-electron chi connectivity index (χ2n) is 3.88. The van der Waals surface area contributed by atoms with Gasteiger partial charge in [-0.3, -0.25) is 0 Å². The minimum absolute atomic E-state index is 0.592. The molecule has 0 bridgehead atoms. The van der Waals surface area contributed by atoms with E-state index in [9.17, 15) is 0 Å². The van der Waals surface area contributed by atoms with Crippen LogP contribution in [-0.2, 0) is 4.74 Å². The van der Waals surface area contributed by atoms with Gasteiger partial charge in [-0.1, -0.05) is 46.5 Å². The summed E-state index contributed by atoms with van der Waals surface area (Å²) in [5.74, 6) is 1.43. The highest BCUT2D eigenvalue weighted by molar-refractivity contribution is 4.64. The molecule has 1 heteroatoms. The predicted molar refractivity (Wildman–Crippen MR) is 56.3 cm³/mol. The normalized spacial score (nSPS) is 15.7. The van der Waals surface area contributed by atoms with Crippen LogP contribution in [0.4, 0.5) is 0 Å². The molecule has 0 aliphatic carbocycles. The highest BCUT2D eigenvalue weighted by Crippen LogP contribution is 2.22. The topological polar surface area (TPSA) is 9.23 Å². The predicted octanol–water partition coefficient (Wildman–Crippen LogP) is 3.79. The molecule has 13 heavy (non-hydrogen) atoms. The van der Waals surface area contributed by atoms with Gasteiger partial charge in [-0.15, -0.1) is 0 Å². The van der Waals surface area contributed by atoms with Crippen molar-refractivity contribution < 1.29 is 4.74 Å². The van der Waals surface area contributed by atoms with Crippen molar-refractivity contribution in [3.8, 4) is 0 Å². The standard InChI is InChI=1S/C12H23O/c1-5-8-11(6-2)9-12(7-3)10-13-4/h11-12H,5-10H2,1-3H3. The summed E-state index contributed by atoms with van der Waals surface area (Å²) in [6.07, 6.45) is 6.24. The summed E-state index contributed by atoms with van der Waals surface area (Å²) in [5, 5.41) is 0. The van der Waals surface area contributed by atoms with E-state index in [1.165, 1.54) is 25.7 Å². The van der Waals surface area contributed by atoms with Gasteiger partial charge < -0.3 is 4.74 Å². The first kappa shape index (κ1) is 13.0. The minimum Gasteiger partial charge on any atom is -0.365 e. The van der Waals surface area contributed by atoms with Crippen LogP contribution < -0.4 is 0 Å². The third-order valence-electron chi connectivity index (χ3n) is 2.84. The van der Waals surface area contributed by atoms with Crippen molar-refractivity contribution in [2.45, 2.75) is 52.9 Å². The molecule has 1 nitrogen and oxygen atoms in total. The van der Waals surface area contributed by atoms with Gasteiger partial charge in [0.2, 0.25) is 0 Å². The molecule has 0 aromatic rings. The second-order valence-corrected chi connectivity index (χ2v) is 3.88. The van der Waals surface area contributed by atoms with Crippen molar-refractivity contribution in [1.82, 2.24) is 0 Å². The number of ether oxygens (including phenoxy) is 1. The van der Waals surface area contributed by atoms with Crippen LogP contribution in [0.3, 0.4) is 0 Å². The Kier molecular flexibility index (Phi) is 8.53. The average Bonchev–Trinajstić information content (AvgIpc) is 2.16. The van der Waals surface area contributed by atoms with E-state index >= 15 is 0 Å². The van der Waals surface area contributed by atoms with E-state index in [0.29, 0.717) is 12.5 Å². The minimum atomic E-state index is 0.592. The number of rotatable bonds is 8. The van der Waals surface area contributed by atoms with Gasteiger partial charge >= 0.3 is 0 Å². The van der Waals surface area contributed by atoms with E-state index in [1.54, 1.807) is 0 Å². The molecule has 0 aromatic carbocycles. The molecule has 0 aliphatic rings. The largest absolute Gasteiger partial charge is 0.365 e. The average molecular weight is 183 g/mol. The van der Waals surface area contributed by atoms with Crippen molar-refractivity contribution in [2.24, 2.45) is 11.8 Å². The molecule has 0 spiro atoms. The maximum Gasteiger partial charge on any atom is 0.173 e. The molecule has 0 saturated carbocycles. The van der Waals surface area contributed by atoms with Gasteiger partial charge in [0, 0.05) is 0 Å². The van der Waals surface area contributed by atoms with Crippen LogP contribution in [0.15, 0.2) is 0 Å². The van der Waals surface area contributed by atoms with Gasteiger partial charge in [-0.05, 0) is 18.3 Å².